The van der Waals surface area contributed by atoms with Crippen LogP contribution < -0.4 is 5.32 Å². The second kappa shape index (κ2) is 4.40. The summed E-state index contributed by atoms with van der Waals surface area (Å²) in [5.41, 5.74) is 1.93. The first-order valence-electron chi connectivity index (χ1n) is 6.96. The van der Waals surface area contributed by atoms with Crippen molar-refractivity contribution in [1.82, 2.24) is 5.32 Å². The minimum absolute atomic E-state index is 0.458. The van der Waals surface area contributed by atoms with Crippen molar-refractivity contribution in [2.45, 2.75) is 32.7 Å². The average Bonchev–Trinajstić information content (AvgIpc) is 3.14. The molecule has 1 unspecified atom stereocenters. The highest BCUT2D eigenvalue weighted by Gasteiger charge is 2.45. The fourth-order valence-corrected chi connectivity index (χ4v) is 2.92. The van der Waals surface area contributed by atoms with Gasteiger partial charge < -0.3 is 5.32 Å². The summed E-state index contributed by atoms with van der Waals surface area (Å²) in [4.78, 5) is 0. The van der Waals surface area contributed by atoms with Crippen LogP contribution in [-0.4, -0.2) is 6.54 Å². The van der Waals surface area contributed by atoms with Crippen molar-refractivity contribution >= 4 is 10.8 Å². The highest BCUT2D eigenvalue weighted by atomic mass is 14.9. The Bertz CT molecular complexity index is 549. The zero-order valence-electron chi connectivity index (χ0n) is 11.2. The van der Waals surface area contributed by atoms with Gasteiger partial charge in [0.15, 0.2) is 0 Å². The van der Waals surface area contributed by atoms with Gasteiger partial charge in [-0.25, -0.2) is 0 Å². The van der Waals surface area contributed by atoms with Crippen molar-refractivity contribution in [3.63, 3.8) is 0 Å². The molecule has 1 heteroatoms. The molecule has 0 saturated heterocycles. The van der Waals surface area contributed by atoms with E-state index in [9.17, 15) is 0 Å². The maximum Gasteiger partial charge on any atom is 0.0380 e. The lowest BCUT2D eigenvalue weighted by atomic mass is 9.88. The molecule has 94 valence electrons. The van der Waals surface area contributed by atoms with Gasteiger partial charge in [0.2, 0.25) is 0 Å². The topological polar surface area (TPSA) is 12.0 Å². The van der Waals surface area contributed by atoms with E-state index in [1.165, 1.54) is 29.2 Å². The SMILES string of the molecule is CCNC(c1cccc2ccccc12)C1(C)CC1. The van der Waals surface area contributed by atoms with E-state index in [0.29, 0.717) is 11.5 Å². The third kappa shape index (κ3) is 1.93. The van der Waals surface area contributed by atoms with Gasteiger partial charge in [-0.3, -0.25) is 0 Å². The average molecular weight is 239 g/mol. The Labute approximate surface area is 109 Å². The largest absolute Gasteiger partial charge is 0.310 e. The summed E-state index contributed by atoms with van der Waals surface area (Å²) in [6, 6.07) is 15.9. The summed E-state index contributed by atoms with van der Waals surface area (Å²) in [6.07, 6.45) is 2.68. The monoisotopic (exact) mass is 239 g/mol. The van der Waals surface area contributed by atoms with Crippen LogP contribution in [0.3, 0.4) is 0 Å². The molecule has 0 heterocycles. The maximum absolute atomic E-state index is 3.69. The van der Waals surface area contributed by atoms with Crippen LogP contribution in [0.5, 0.6) is 0 Å². The molecule has 2 aromatic carbocycles. The zero-order valence-corrected chi connectivity index (χ0v) is 11.2. The summed E-state index contributed by atoms with van der Waals surface area (Å²) in [7, 11) is 0. The minimum atomic E-state index is 0.458. The number of rotatable bonds is 4. The van der Waals surface area contributed by atoms with Crippen LogP contribution in [0.25, 0.3) is 10.8 Å². The normalized spacial score (nSPS) is 18.8. The first kappa shape index (κ1) is 11.7. The van der Waals surface area contributed by atoms with E-state index >= 15 is 0 Å². The van der Waals surface area contributed by atoms with Gasteiger partial charge in [0.05, 0.1) is 0 Å². The van der Waals surface area contributed by atoms with E-state index in [1.807, 2.05) is 0 Å². The summed E-state index contributed by atoms with van der Waals surface area (Å²) < 4.78 is 0. The van der Waals surface area contributed by atoms with Crippen LogP contribution >= 0.6 is 0 Å². The summed E-state index contributed by atoms with van der Waals surface area (Å²) in [5, 5.41) is 6.44. The molecular formula is C17H21N. The first-order chi connectivity index (χ1) is 8.74. The van der Waals surface area contributed by atoms with Gasteiger partial charge in [-0.1, -0.05) is 56.3 Å². The summed E-state index contributed by atoms with van der Waals surface area (Å²) in [5.74, 6) is 0. The molecule has 0 amide bonds. The highest BCUT2D eigenvalue weighted by molar-refractivity contribution is 5.86. The predicted octanol–water partition coefficient (Wildman–Crippen LogP) is 4.29. The molecule has 0 aromatic heterocycles. The number of hydrogen-bond acceptors (Lipinski definition) is 1. The van der Waals surface area contributed by atoms with Gasteiger partial charge in [0, 0.05) is 6.04 Å². The molecule has 1 aliphatic carbocycles. The van der Waals surface area contributed by atoms with E-state index in [1.54, 1.807) is 0 Å². The van der Waals surface area contributed by atoms with Gasteiger partial charge in [-0.2, -0.15) is 0 Å². The molecule has 1 saturated carbocycles. The van der Waals surface area contributed by atoms with Crippen LogP contribution in [0.1, 0.15) is 38.3 Å². The Hall–Kier alpha value is -1.34. The molecule has 18 heavy (non-hydrogen) atoms. The molecule has 1 nitrogen and oxygen atoms in total. The van der Waals surface area contributed by atoms with Crippen molar-refractivity contribution < 1.29 is 0 Å². The molecule has 1 fully saturated rings. The molecule has 0 radical (unpaired) electrons. The van der Waals surface area contributed by atoms with Crippen molar-refractivity contribution in [2.24, 2.45) is 5.41 Å². The third-order valence-electron chi connectivity index (χ3n) is 4.28. The second-order valence-electron chi connectivity index (χ2n) is 5.71. The van der Waals surface area contributed by atoms with Crippen LogP contribution in [0.15, 0.2) is 42.5 Å². The quantitative estimate of drug-likeness (QED) is 0.839. The molecule has 3 rings (SSSR count). The van der Waals surface area contributed by atoms with Crippen molar-refractivity contribution in [3.8, 4) is 0 Å². The van der Waals surface area contributed by atoms with Crippen LogP contribution in [0.2, 0.25) is 0 Å². The molecule has 0 bridgehead atoms. The van der Waals surface area contributed by atoms with Crippen molar-refractivity contribution in [2.75, 3.05) is 6.54 Å². The minimum Gasteiger partial charge on any atom is -0.310 e. The van der Waals surface area contributed by atoms with Crippen LogP contribution in [0, 0.1) is 5.41 Å². The summed E-state index contributed by atoms with van der Waals surface area (Å²) in [6.45, 7) is 5.63. The van der Waals surface area contributed by atoms with Crippen molar-refractivity contribution in [1.29, 1.82) is 0 Å². The van der Waals surface area contributed by atoms with Crippen LogP contribution in [0.4, 0.5) is 0 Å². The third-order valence-corrected chi connectivity index (χ3v) is 4.28. The Balaban J connectivity index is 2.11. The van der Waals surface area contributed by atoms with E-state index in [-0.39, 0.29) is 0 Å². The van der Waals surface area contributed by atoms with E-state index in [0.717, 1.165) is 6.54 Å². The van der Waals surface area contributed by atoms with Gasteiger partial charge in [0.25, 0.3) is 0 Å². The number of nitrogens with one attached hydrogen (secondary N) is 1. The molecule has 1 aliphatic rings. The Morgan fingerprint density at radius 2 is 1.83 bits per heavy atom. The number of hydrogen-bond donors (Lipinski definition) is 1. The smallest absolute Gasteiger partial charge is 0.0380 e. The first-order valence-corrected chi connectivity index (χ1v) is 6.96. The molecule has 1 N–H and O–H groups in total. The molecule has 1 atom stereocenters. The Morgan fingerprint density at radius 1 is 1.11 bits per heavy atom. The lowest BCUT2D eigenvalue weighted by Gasteiger charge is -2.26. The predicted molar refractivity (Wildman–Crippen MR) is 77.7 cm³/mol. The van der Waals surface area contributed by atoms with E-state index in [2.05, 4.69) is 61.6 Å². The maximum atomic E-state index is 3.69. The van der Waals surface area contributed by atoms with E-state index in [4.69, 9.17) is 0 Å². The highest BCUT2D eigenvalue weighted by Crippen LogP contribution is 2.55. The zero-order chi connectivity index (χ0) is 12.6. The molecule has 0 spiro atoms. The lowest BCUT2D eigenvalue weighted by Crippen LogP contribution is -2.28. The lowest BCUT2D eigenvalue weighted by molar-refractivity contribution is 0.375. The molecule has 2 aromatic rings. The van der Waals surface area contributed by atoms with Crippen LogP contribution in [-0.2, 0) is 0 Å². The van der Waals surface area contributed by atoms with Crippen molar-refractivity contribution in [3.05, 3.63) is 48.0 Å². The summed E-state index contributed by atoms with van der Waals surface area (Å²) >= 11 is 0. The second-order valence-corrected chi connectivity index (χ2v) is 5.71. The molecular weight excluding hydrogens is 218 g/mol. The fourth-order valence-electron chi connectivity index (χ4n) is 2.92. The van der Waals surface area contributed by atoms with Gasteiger partial charge >= 0.3 is 0 Å². The van der Waals surface area contributed by atoms with Gasteiger partial charge in [0.1, 0.15) is 0 Å². The number of fused-ring (bicyclic) bond motifs is 1. The fraction of sp³-hybridized carbons (Fsp3) is 0.412. The molecule has 0 aliphatic heterocycles. The Kier molecular flexibility index (Phi) is 2.87. The van der Waals surface area contributed by atoms with Gasteiger partial charge in [-0.15, -0.1) is 0 Å². The standard InChI is InChI=1S/C17H21N/c1-3-18-16(17(2)11-12-17)15-10-6-8-13-7-4-5-9-14(13)15/h4-10,16,18H,3,11-12H2,1-2H3. The number of benzene rings is 2. The van der Waals surface area contributed by atoms with E-state index < -0.39 is 0 Å². The Morgan fingerprint density at radius 3 is 2.56 bits per heavy atom. The van der Waals surface area contributed by atoms with Gasteiger partial charge in [-0.05, 0) is 41.1 Å².